The third kappa shape index (κ3) is 5.13. The number of benzene rings is 2. The molecule has 0 amide bonds. The Morgan fingerprint density at radius 2 is 1.87 bits per heavy atom. The monoisotopic (exact) mass is 530 g/mol. The van der Waals surface area contributed by atoms with Gasteiger partial charge in [-0.15, -0.1) is 11.3 Å². The summed E-state index contributed by atoms with van der Waals surface area (Å²) < 4.78 is 19.1. The Kier molecular flexibility index (Phi) is 7.68. The minimum absolute atomic E-state index is 0.0588. The number of aryl methyl sites for hydroxylation is 1. The van der Waals surface area contributed by atoms with Gasteiger partial charge in [-0.1, -0.05) is 13.8 Å². The molecule has 0 saturated heterocycles. The van der Waals surface area contributed by atoms with Crippen LogP contribution in [-0.2, 0) is 11.2 Å². The number of thiazole rings is 1. The molecule has 0 radical (unpaired) electrons. The van der Waals surface area contributed by atoms with E-state index in [1.807, 2.05) is 37.4 Å². The lowest BCUT2D eigenvalue weighted by molar-refractivity contribution is 0.172. The molecule has 5 rings (SSSR count). The van der Waals surface area contributed by atoms with E-state index in [4.69, 9.17) is 19.2 Å². The minimum atomic E-state index is 0.0588. The number of ether oxygens (including phenoxy) is 3. The van der Waals surface area contributed by atoms with Crippen molar-refractivity contribution >= 4 is 11.3 Å². The van der Waals surface area contributed by atoms with Crippen molar-refractivity contribution in [2.45, 2.75) is 39.7 Å². The maximum atomic E-state index is 12.7. The normalized spacial score (nSPS) is 14.3. The van der Waals surface area contributed by atoms with Crippen molar-refractivity contribution in [1.82, 2.24) is 9.55 Å². The Bertz CT molecular complexity index is 1490. The van der Waals surface area contributed by atoms with Crippen molar-refractivity contribution in [3.05, 3.63) is 75.4 Å². The molecule has 198 valence electrons. The zero-order valence-electron chi connectivity index (χ0n) is 22.6. The molecular formula is C31H34N2O4S. The Balaban J connectivity index is 1.61. The highest BCUT2D eigenvalue weighted by atomic mass is 32.1. The van der Waals surface area contributed by atoms with Crippen molar-refractivity contribution in [1.29, 1.82) is 0 Å². The number of methoxy groups -OCH3 is 2. The molecule has 2 aromatic carbocycles. The SMILES string of the molecule is COCCCOc1cc2c(cc1-c1csc(-c3ccc(OC)cc3)n1)-c1cc(=O)c(C)cn1C(C(C)C)C2. The third-order valence-electron chi connectivity index (χ3n) is 7.17. The van der Waals surface area contributed by atoms with Crippen molar-refractivity contribution < 1.29 is 14.2 Å². The predicted octanol–water partition coefficient (Wildman–Crippen LogP) is 6.79. The second-order valence-corrected chi connectivity index (χ2v) is 11.0. The molecule has 0 N–H and O–H groups in total. The summed E-state index contributed by atoms with van der Waals surface area (Å²) in [4.78, 5) is 17.7. The first-order valence-electron chi connectivity index (χ1n) is 13.0. The molecule has 6 nitrogen and oxygen atoms in total. The highest BCUT2D eigenvalue weighted by Gasteiger charge is 2.28. The summed E-state index contributed by atoms with van der Waals surface area (Å²) in [6, 6.07) is 14.3. The minimum Gasteiger partial charge on any atom is -0.497 e. The van der Waals surface area contributed by atoms with Crippen LogP contribution < -0.4 is 14.9 Å². The number of nitrogens with zero attached hydrogens (tertiary/aromatic N) is 2. The van der Waals surface area contributed by atoms with Gasteiger partial charge in [0.05, 0.1) is 25.1 Å². The first-order valence-corrected chi connectivity index (χ1v) is 13.9. The van der Waals surface area contributed by atoms with Crippen LogP contribution in [0.3, 0.4) is 0 Å². The van der Waals surface area contributed by atoms with E-state index in [0.717, 1.165) is 63.0 Å². The van der Waals surface area contributed by atoms with Crippen molar-refractivity contribution in [2.24, 2.45) is 5.92 Å². The quantitative estimate of drug-likeness (QED) is 0.223. The third-order valence-corrected chi connectivity index (χ3v) is 8.06. The molecule has 1 atom stereocenters. The zero-order chi connectivity index (χ0) is 26.8. The van der Waals surface area contributed by atoms with Crippen molar-refractivity contribution in [2.75, 3.05) is 27.4 Å². The molecule has 0 fully saturated rings. The van der Waals surface area contributed by atoms with Gasteiger partial charge in [0.1, 0.15) is 16.5 Å². The molecule has 1 aliphatic rings. The van der Waals surface area contributed by atoms with Crippen LogP contribution in [0, 0.1) is 12.8 Å². The summed E-state index contributed by atoms with van der Waals surface area (Å²) in [5.41, 5.74) is 6.87. The Hall–Kier alpha value is -3.42. The molecule has 4 aromatic rings. The number of rotatable bonds is 9. The molecule has 0 bridgehead atoms. The number of pyridine rings is 1. The van der Waals surface area contributed by atoms with Gasteiger partial charge in [0.15, 0.2) is 5.43 Å². The lowest BCUT2D eigenvalue weighted by Gasteiger charge is -2.34. The van der Waals surface area contributed by atoms with E-state index in [-0.39, 0.29) is 11.5 Å². The van der Waals surface area contributed by atoms with Crippen LogP contribution in [0.25, 0.3) is 33.1 Å². The first kappa shape index (κ1) is 26.2. The molecular weight excluding hydrogens is 496 g/mol. The van der Waals surface area contributed by atoms with Gasteiger partial charge in [-0.2, -0.15) is 0 Å². The van der Waals surface area contributed by atoms with Crippen molar-refractivity contribution in [3.8, 4) is 44.6 Å². The first-order chi connectivity index (χ1) is 18.4. The van der Waals surface area contributed by atoms with Gasteiger partial charge in [0, 0.05) is 66.1 Å². The van der Waals surface area contributed by atoms with E-state index in [2.05, 4.69) is 35.9 Å². The molecule has 0 spiro atoms. The van der Waals surface area contributed by atoms with Gasteiger partial charge in [0.2, 0.25) is 0 Å². The van der Waals surface area contributed by atoms with Crippen LogP contribution in [0.1, 0.15) is 37.4 Å². The summed E-state index contributed by atoms with van der Waals surface area (Å²) in [7, 11) is 3.37. The smallest absolute Gasteiger partial charge is 0.185 e. The second kappa shape index (κ2) is 11.1. The standard InChI is InChI=1S/C31H34N2O4S/c1-19(2)27-13-22-14-30(37-12-6-11-35-4)25(15-24(22)28-16-29(34)20(3)17-33(27)28)26-18-38-31(32-26)21-7-9-23(36-5)10-8-21/h7-10,14-19,27H,6,11-13H2,1-5H3. The molecule has 1 aliphatic heterocycles. The van der Waals surface area contributed by atoms with Crippen LogP contribution in [-0.4, -0.2) is 37.0 Å². The predicted molar refractivity (Wildman–Crippen MR) is 154 cm³/mol. The summed E-state index contributed by atoms with van der Waals surface area (Å²) in [5.74, 6) is 2.05. The van der Waals surface area contributed by atoms with E-state index in [0.29, 0.717) is 19.1 Å². The van der Waals surface area contributed by atoms with Gasteiger partial charge in [-0.25, -0.2) is 4.98 Å². The average molecular weight is 531 g/mol. The highest BCUT2D eigenvalue weighted by molar-refractivity contribution is 7.13. The molecule has 7 heteroatoms. The van der Waals surface area contributed by atoms with E-state index >= 15 is 0 Å². The van der Waals surface area contributed by atoms with E-state index in [1.165, 1.54) is 5.56 Å². The number of hydrogen-bond donors (Lipinski definition) is 0. The summed E-state index contributed by atoms with van der Waals surface area (Å²) in [5, 5.41) is 3.00. The van der Waals surface area contributed by atoms with Crippen LogP contribution in [0.2, 0.25) is 0 Å². The maximum Gasteiger partial charge on any atom is 0.185 e. The molecule has 2 aromatic heterocycles. The summed E-state index contributed by atoms with van der Waals surface area (Å²) >= 11 is 1.60. The molecule has 1 unspecified atom stereocenters. The largest absolute Gasteiger partial charge is 0.497 e. The molecule has 0 saturated carbocycles. The summed E-state index contributed by atoms with van der Waals surface area (Å²) in [6.07, 6.45) is 3.70. The topological polar surface area (TPSA) is 62.6 Å². The second-order valence-electron chi connectivity index (χ2n) is 10.1. The Labute approximate surface area is 227 Å². The van der Waals surface area contributed by atoms with Crippen LogP contribution in [0.15, 0.2) is 58.8 Å². The van der Waals surface area contributed by atoms with Gasteiger partial charge in [0.25, 0.3) is 0 Å². The maximum absolute atomic E-state index is 12.7. The van der Waals surface area contributed by atoms with E-state index in [1.54, 1.807) is 31.6 Å². The summed E-state index contributed by atoms with van der Waals surface area (Å²) in [6.45, 7) is 7.56. The zero-order valence-corrected chi connectivity index (χ0v) is 23.4. The Morgan fingerprint density at radius 3 is 2.58 bits per heavy atom. The van der Waals surface area contributed by atoms with Crippen LogP contribution in [0.4, 0.5) is 0 Å². The Morgan fingerprint density at radius 1 is 1.08 bits per heavy atom. The fraction of sp³-hybridized carbons (Fsp3) is 0.355. The highest BCUT2D eigenvalue weighted by Crippen LogP contribution is 2.44. The molecule has 0 aliphatic carbocycles. The number of hydrogen-bond acceptors (Lipinski definition) is 6. The molecule has 38 heavy (non-hydrogen) atoms. The molecule has 3 heterocycles. The lowest BCUT2D eigenvalue weighted by Crippen LogP contribution is -2.26. The average Bonchev–Trinajstić information content (AvgIpc) is 3.41. The fourth-order valence-electron chi connectivity index (χ4n) is 5.02. The van der Waals surface area contributed by atoms with Crippen LogP contribution in [0.5, 0.6) is 11.5 Å². The lowest BCUT2D eigenvalue weighted by atomic mass is 9.86. The number of aromatic nitrogens is 2. The van der Waals surface area contributed by atoms with Crippen molar-refractivity contribution in [3.63, 3.8) is 0 Å². The van der Waals surface area contributed by atoms with E-state index < -0.39 is 0 Å². The van der Waals surface area contributed by atoms with Gasteiger partial charge < -0.3 is 18.8 Å². The van der Waals surface area contributed by atoms with Crippen LogP contribution >= 0.6 is 11.3 Å². The van der Waals surface area contributed by atoms with Gasteiger partial charge >= 0.3 is 0 Å². The fourth-order valence-corrected chi connectivity index (χ4v) is 5.85. The van der Waals surface area contributed by atoms with Gasteiger partial charge in [-0.05, 0) is 61.2 Å². The number of fused-ring (bicyclic) bond motifs is 3. The van der Waals surface area contributed by atoms with Gasteiger partial charge in [-0.3, -0.25) is 4.79 Å². The van der Waals surface area contributed by atoms with E-state index in [9.17, 15) is 4.79 Å².